The van der Waals surface area contributed by atoms with Gasteiger partial charge in [-0.05, 0) is 93.3 Å². The van der Waals surface area contributed by atoms with Gasteiger partial charge in [0, 0.05) is 18.0 Å². The lowest BCUT2D eigenvalue weighted by Crippen LogP contribution is -2.32. The molecule has 1 fully saturated rings. The second-order valence-electron chi connectivity index (χ2n) is 8.20. The minimum atomic E-state index is -0.257. The van der Waals surface area contributed by atoms with Crippen molar-refractivity contribution in [2.45, 2.75) is 32.6 Å². The molecule has 3 aromatic heterocycles. The summed E-state index contributed by atoms with van der Waals surface area (Å²) in [7, 11) is 0. The minimum absolute atomic E-state index is 0.257. The van der Waals surface area contributed by atoms with E-state index in [0.717, 1.165) is 47.9 Å². The zero-order chi connectivity index (χ0) is 21.4. The third kappa shape index (κ3) is 3.83. The Kier molecular flexibility index (Phi) is 5.24. The molecule has 1 aliphatic rings. The van der Waals surface area contributed by atoms with Crippen LogP contribution in [0, 0.1) is 12.7 Å². The van der Waals surface area contributed by atoms with Gasteiger partial charge < -0.3 is 4.90 Å². The summed E-state index contributed by atoms with van der Waals surface area (Å²) in [4.78, 5) is 16.4. The van der Waals surface area contributed by atoms with E-state index in [9.17, 15) is 4.39 Å². The molecule has 4 aromatic rings. The number of rotatable bonds is 4. The van der Waals surface area contributed by atoms with Gasteiger partial charge in [0.15, 0.2) is 0 Å². The van der Waals surface area contributed by atoms with E-state index in [1.54, 1.807) is 18.3 Å². The van der Waals surface area contributed by atoms with Gasteiger partial charge >= 0.3 is 0 Å². The maximum atomic E-state index is 13.5. The average Bonchev–Trinajstić information content (AvgIpc) is 3.18. The van der Waals surface area contributed by atoms with Crippen molar-refractivity contribution < 1.29 is 4.39 Å². The molecule has 6 heteroatoms. The van der Waals surface area contributed by atoms with E-state index in [1.165, 1.54) is 30.5 Å². The van der Waals surface area contributed by atoms with Crippen LogP contribution in [0.25, 0.3) is 28.3 Å². The third-order valence-electron chi connectivity index (χ3n) is 6.29. The van der Waals surface area contributed by atoms with Gasteiger partial charge in [-0.1, -0.05) is 6.92 Å². The smallest absolute Gasteiger partial charge is 0.138 e. The molecule has 1 aliphatic heterocycles. The fourth-order valence-electron chi connectivity index (χ4n) is 4.54. The molecule has 1 aromatic carbocycles. The quantitative estimate of drug-likeness (QED) is 0.465. The van der Waals surface area contributed by atoms with Gasteiger partial charge in [0.2, 0.25) is 0 Å². The molecule has 0 amide bonds. The van der Waals surface area contributed by atoms with Gasteiger partial charge in [0.25, 0.3) is 0 Å². The maximum Gasteiger partial charge on any atom is 0.138 e. The monoisotopic (exact) mass is 415 g/mol. The van der Waals surface area contributed by atoms with Crippen LogP contribution in [0.2, 0.25) is 0 Å². The van der Waals surface area contributed by atoms with Gasteiger partial charge in [-0.3, -0.25) is 4.40 Å². The molecule has 1 saturated heterocycles. The highest BCUT2D eigenvalue weighted by molar-refractivity contribution is 5.80. The van der Waals surface area contributed by atoms with E-state index in [2.05, 4.69) is 44.5 Å². The SMILES string of the molecule is CCN1CCC(c2ccn3c(-c4ccnc(C)n4)c(-c4ccc(F)cc4)nc3c2)CC1. The number of hydrogen-bond donors (Lipinski definition) is 0. The van der Waals surface area contributed by atoms with Crippen LogP contribution in [0.5, 0.6) is 0 Å². The largest absolute Gasteiger partial charge is 0.304 e. The fraction of sp³-hybridized carbons (Fsp3) is 0.320. The van der Waals surface area contributed by atoms with Crippen molar-refractivity contribution in [3.63, 3.8) is 0 Å². The fourth-order valence-corrected chi connectivity index (χ4v) is 4.54. The number of nitrogens with zero attached hydrogens (tertiary/aromatic N) is 5. The Bertz CT molecular complexity index is 1210. The Balaban J connectivity index is 1.62. The van der Waals surface area contributed by atoms with Crippen LogP contribution in [-0.2, 0) is 0 Å². The van der Waals surface area contributed by atoms with Crippen molar-refractivity contribution in [3.05, 3.63) is 72.1 Å². The first-order chi connectivity index (χ1) is 15.1. The summed E-state index contributed by atoms with van der Waals surface area (Å²) in [6.45, 7) is 7.52. The van der Waals surface area contributed by atoms with Gasteiger partial charge in [-0.15, -0.1) is 0 Å². The lowest BCUT2D eigenvalue weighted by atomic mass is 9.90. The van der Waals surface area contributed by atoms with E-state index in [0.29, 0.717) is 11.7 Å². The Hall–Kier alpha value is -3.12. The van der Waals surface area contributed by atoms with Gasteiger partial charge in [-0.25, -0.2) is 19.3 Å². The lowest BCUT2D eigenvalue weighted by molar-refractivity contribution is 0.222. The van der Waals surface area contributed by atoms with Crippen LogP contribution in [0.1, 0.15) is 37.1 Å². The highest BCUT2D eigenvalue weighted by Crippen LogP contribution is 2.34. The zero-order valence-electron chi connectivity index (χ0n) is 17.9. The number of halogens is 1. The molecular weight excluding hydrogens is 389 g/mol. The standard InChI is InChI=1S/C25H26FN5/c1-3-30-13-9-18(10-14-30)20-11-15-31-23(16-20)29-24(19-4-6-21(26)7-5-19)25(31)22-8-12-27-17(2)28-22/h4-8,11-12,15-16,18H,3,9-10,13-14H2,1-2H3. The number of likely N-dealkylation sites (tertiary alicyclic amines) is 1. The topological polar surface area (TPSA) is 46.3 Å². The van der Waals surface area contributed by atoms with Crippen molar-refractivity contribution in [1.82, 2.24) is 24.3 Å². The predicted octanol–water partition coefficient (Wildman–Crippen LogP) is 5.11. The minimum Gasteiger partial charge on any atom is -0.304 e. The average molecular weight is 416 g/mol. The lowest BCUT2D eigenvalue weighted by Gasteiger charge is -2.31. The highest BCUT2D eigenvalue weighted by atomic mass is 19.1. The Morgan fingerprint density at radius 1 is 1.03 bits per heavy atom. The van der Waals surface area contributed by atoms with Crippen molar-refractivity contribution in [2.24, 2.45) is 0 Å². The summed E-state index contributed by atoms with van der Waals surface area (Å²) in [5.74, 6) is 1.01. The summed E-state index contributed by atoms with van der Waals surface area (Å²) in [6.07, 6.45) is 6.21. The van der Waals surface area contributed by atoms with Crippen LogP contribution in [0.15, 0.2) is 54.9 Å². The second kappa shape index (κ2) is 8.19. The molecule has 0 N–H and O–H groups in total. The number of piperidine rings is 1. The van der Waals surface area contributed by atoms with Crippen LogP contribution in [0.3, 0.4) is 0 Å². The van der Waals surface area contributed by atoms with Crippen LogP contribution < -0.4 is 0 Å². The summed E-state index contributed by atoms with van der Waals surface area (Å²) < 4.78 is 15.6. The maximum absolute atomic E-state index is 13.5. The molecule has 0 unspecified atom stereocenters. The van der Waals surface area contributed by atoms with Gasteiger partial charge in [0.05, 0.1) is 17.1 Å². The summed E-state index contributed by atoms with van der Waals surface area (Å²) >= 11 is 0. The number of benzene rings is 1. The van der Waals surface area contributed by atoms with E-state index in [1.807, 2.05) is 13.0 Å². The number of hydrogen-bond acceptors (Lipinski definition) is 4. The molecule has 5 nitrogen and oxygen atoms in total. The van der Waals surface area contributed by atoms with E-state index < -0.39 is 0 Å². The Morgan fingerprint density at radius 2 is 1.81 bits per heavy atom. The number of aryl methyl sites for hydroxylation is 1. The van der Waals surface area contributed by atoms with Crippen LogP contribution in [0.4, 0.5) is 4.39 Å². The molecule has 0 aliphatic carbocycles. The molecule has 158 valence electrons. The van der Waals surface area contributed by atoms with Crippen LogP contribution in [-0.4, -0.2) is 43.9 Å². The first-order valence-corrected chi connectivity index (χ1v) is 10.9. The van der Waals surface area contributed by atoms with Crippen molar-refractivity contribution in [2.75, 3.05) is 19.6 Å². The number of aromatic nitrogens is 4. The molecule has 0 atom stereocenters. The summed E-state index contributed by atoms with van der Waals surface area (Å²) in [5, 5.41) is 0. The third-order valence-corrected chi connectivity index (χ3v) is 6.29. The van der Waals surface area contributed by atoms with Gasteiger partial charge in [-0.2, -0.15) is 0 Å². The molecule has 5 rings (SSSR count). The Labute approximate surface area is 181 Å². The van der Waals surface area contributed by atoms with E-state index in [4.69, 9.17) is 4.98 Å². The first-order valence-electron chi connectivity index (χ1n) is 10.9. The predicted molar refractivity (Wildman–Crippen MR) is 120 cm³/mol. The highest BCUT2D eigenvalue weighted by Gasteiger charge is 2.22. The summed E-state index contributed by atoms with van der Waals surface area (Å²) in [6, 6.07) is 12.8. The number of pyridine rings is 1. The molecule has 0 bridgehead atoms. The van der Waals surface area contributed by atoms with E-state index in [-0.39, 0.29) is 5.82 Å². The van der Waals surface area contributed by atoms with Crippen LogP contribution >= 0.6 is 0 Å². The van der Waals surface area contributed by atoms with Gasteiger partial charge in [0.1, 0.15) is 17.3 Å². The number of imidazole rings is 1. The first kappa shape index (κ1) is 19.8. The molecular formula is C25H26FN5. The molecule has 4 heterocycles. The second-order valence-corrected chi connectivity index (χ2v) is 8.20. The van der Waals surface area contributed by atoms with Crippen molar-refractivity contribution in [3.8, 4) is 22.6 Å². The van der Waals surface area contributed by atoms with E-state index >= 15 is 0 Å². The summed E-state index contributed by atoms with van der Waals surface area (Å²) in [5.41, 5.74) is 5.61. The van der Waals surface area contributed by atoms with Crippen molar-refractivity contribution >= 4 is 5.65 Å². The number of fused-ring (bicyclic) bond motifs is 1. The molecule has 0 radical (unpaired) electrons. The normalized spacial score (nSPS) is 15.6. The Morgan fingerprint density at radius 3 is 2.52 bits per heavy atom. The molecule has 31 heavy (non-hydrogen) atoms. The molecule has 0 saturated carbocycles. The molecule has 0 spiro atoms. The zero-order valence-corrected chi connectivity index (χ0v) is 17.9. The van der Waals surface area contributed by atoms with Crippen molar-refractivity contribution in [1.29, 1.82) is 0 Å².